The van der Waals surface area contributed by atoms with Crippen molar-refractivity contribution in [3.05, 3.63) is 16.8 Å². The van der Waals surface area contributed by atoms with Crippen LogP contribution in [-0.4, -0.2) is 29.2 Å². The summed E-state index contributed by atoms with van der Waals surface area (Å²) in [5, 5.41) is 8.03. The van der Waals surface area contributed by atoms with E-state index in [1.807, 2.05) is 0 Å². The Kier molecular flexibility index (Phi) is 2.32. The van der Waals surface area contributed by atoms with Gasteiger partial charge in [0.25, 0.3) is 5.91 Å². The summed E-state index contributed by atoms with van der Waals surface area (Å²) in [6.45, 7) is 6.38. The molecular weight excluding hydrogens is 252 g/mol. The van der Waals surface area contributed by atoms with Crippen molar-refractivity contribution >= 4 is 23.3 Å². The number of primary amides is 1. The second kappa shape index (κ2) is 3.57. The summed E-state index contributed by atoms with van der Waals surface area (Å²) in [6.07, 6.45) is 0. The van der Waals surface area contributed by atoms with Gasteiger partial charge in [0, 0.05) is 13.1 Å². The Morgan fingerprint density at radius 3 is 2.61 bits per heavy atom. The zero-order valence-electron chi connectivity index (χ0n) is 10.4. The number of hydrogen-bond acceptors (Lipinski definition) is 4. The molecule has 2 heterocycles. The molecule has 3 rings (SSSR count). The van der Waals surface area contributed by atoms with E-state index in [-0.39, 0.29) is 5.15 Å². The maximum Gasteiger partial charge on any atom is 0.252 e. The zero-order valence-corrected chi connectivity index (χ0v) is 11.1. The lowest BCUT2D eigenvalue weighted by Crippen LogP contribution is -2.30. The first kappa shape index (κ1) is 11.7. The number of aromatic nitrogens is 2. The summed E-state index contributed by atoms with van der Waals surface area (Å²) >= 11 is 5.75. The van der Waals surface area contributed by atoms with Crippen molar-refractivity contribution < 1.29 is 4.79 Å². The highest BCUT2D eigenvalue weighted by Crippen LogP contribution is 2.62. The maximum atomic E-state index is 11.4. The number of anilines is 1. The van der Waals surface area contributed by atoms with Gasteiger partial charge in [-0.15, -0.1) is 10.2 Å². The second-order valence-electron chi connectivity index (χ2n) is 5.71. The molecule has 1 aliphatic carbocycles. The van der Waals surface area contributed by atoms with Gasteiger partial charge < -0.3 is 10.6 Å². The quantitative estimate of drug-likeness (QED) is 0.876. The highest BCUT2D eigenvalue weighted by Gasteiger charge is 2.62. The summed E-state index contributed by atoms with van der Waals surface area (Å²) in [4.78, 5) is 13.5. The lowest BCUT2D eigenvalue weighted by Gasteiger charge is -2.23. The molecule has 2 aliphatic rings. The zero-order chi connectivity index (χ0) is 13.1. The lowest BCUT2D eigenvalue weighted by molar-refractivity contribution is 0.1000. The predicted octanol–water partition coefficient (Wildman–Crippen LogP) is 1.32. The smallest absolute Gasteiger partial charge is 0.252 e. The molecule has 1 saturated heterocycles. The van der Waals surface area contributed by atoms with Crippen LogP contribution in [0.4, 0.5) is 5.82 Å². The highest BCUT2D eigenvalue weighted by atomic mass is 35.5. The first-order valence-electron chi connectivity index (χ1n) is 5.99. The topological polar surface area (TPSA) is 72.1 Å². The van der Waals surface area contributed by atoms with Gasteiger partial charge in [-0.1, -0.05) is 25.4 Å². The number of carbonyl (C=O) groups is 1. The number of hydrogen-bond donors (Lipinski definition) is 1. The number of halogens is 1. The largest absolute Gasteiger partial charge is 0.365 e. The fourth-order valence-electron chi connectivity index (χ4n) is 3.08. The van der Waals surface area contributed by atoms with Gasteiger partial charge in [-0.25, -0.2) is 0 Å². The third-order valence-electron chi connectivity index (χ3n) is 4.43. The molecule has 0 spiro atoms. The van der Waals surface area contributed by atoms with E-state index in [4.69, 9.17) is 17.3 Å². The van der Waals surface area contributed by atoms with E-state index >= 15 is 0 Å². The van der Waals surface area contributed by atoms with Gasteiger partial charge in [-0.3, -0.25) is 4.79 Å². The molecule has 1 aromatic rings. The van der Waals surface area contributed by atoms with Crippen molar-refractivity contribution in [2.75, 3.05) is 18.0 Å². The number of fused-ring (bicyclic) bond motifs is 1. The fraction of sp³-hybridized carbons (Fsp3) is 0.583. The van der Waals surface area contributed by atoms with Crippen molar-refractivity contribution in [2.45, 2.75) is 13.8 Å². The molecule has 18 heavy (non-hydrogen) atoms. The molecule has 96 valence electrons. The van der Waals surface area contributed by atoms with Crippen LogP contribution in [0.2, 0.25) is 5.15 Å². The molecule has 2 unspecified atom stereocenters. The second-order valence-corrected chi connectivity index (χ2v) is 6.10. The number of amides is 1. The van der Waals surface area contributed by atoms with E-state index in [1.165, 1.54) is 6.07 Å². The van der Waals surface area contributed by atoms with Crippen LogP contribution in [0.15, 0.2) is 6.07 Å². The Balaban J connectivity index is 1.89. The number of nitrogens with zero attached hydrogens (tertiary/aromatic N) is 3. The van der Waals surface area contributed by atoms with Crippen LogP contribution in [0, 0.1) is 17.3 Å². The Morgan fingerprint density at radius 1 is 1.44 bits per heavy atom. The minimum atomic E-state index is -0.512. The summed E-state index contributed by atoms with van der Waals surface area (Å²) < 4.78 is 0. The van der Waals surface area contributed by atoms with Crippen LogP contribution in [0.25, 0.3) is 0 Å². The van der Waals surface area contributed by atoms with Crippen LogP contribution in [-0.2, 0) is 0 Å². The van der Waals surface area contributed by atoms with Gasteiger partial charge in [0.2, 0.25) is 0 Å². The van der Waals surface area contributed by atoms with E-state index in [2.05, 4.69) is 28.9 Å². The summed E-state index contributed by atoms with van der Waals surface area (Å²) in [5.74, 6) is 1.41. The molecule has 5 nitrogen and oxygen atoms in total. The van der Waals surface area contributed by atoms with E-state index < -0.39 is 5.91 Å². The van der Waals surface area contributed by atoms with Gasteiger partial charge >= 0.3 is 0 Å². The molecule has 1 aliphatic heterocycles. The molecule has 6 heteroatoms. The van der Waals surface area contributed by atoms with Crippen LogP contribution in [0.5, 0.6) is 0 Å². The standard InChI is InChI=1S/C12H15ClN4O/c1-12(2)7-4-17(5-8(7)12)11-6(10(14)18)3-9(13)15-16-11/h3,7-8H,4-5H2,1-2H3,(H2,14,18). The van der Waals surface area contributed by atoms with Gasteiger partial charge in [0.1, 0.15) is 0 Å². The molecule has 2 fully saturated rings. The lowest BCUT2D eigenvalue weighted by atomic mass is 10.1. The predicted molar refractivity (Wildman–Crippen MR) is 68.5 cm³/mol. The van der Waals surface area contributed by atoms with Crippen molar-refractivity contribution in [1.82, 2.24) is 10.2 Å². The number of nitrogens with two attached hydrogens (primary N) is 1. The Labute approximate surface area is 110 Å². The third kappa shape index (κ3) is 1.57. The van der Waals surface area contributed by atoms with E-state index in [1.54, 1.807) is 0 Å². The number of piperidine rings is 1. The summed E-state index contributed by atoms with van der Waals surface area (Å²) in [5.41, 5.74) is 6.13. The van der Waals surface area contributed by atoms with Gasteiger partial charge in [-0.05, 0) is 23.3 Å². The van der Waals surface area contributed by atoms with E-state index in [0.717, 1.165) is 13.1 Å². The van der Waals surface area contributed by atoms with Crippen LogP contribution in [0.3, 0.4) is 0 Å². The van der Waals surface area contributed by atoms with Crippen molar-refractivity contribution in [1.29, 1.82) is 0 Å². The fourth-order valence-corrected chi connectivity index (χ4v) is 3.23. The van der Waals surface area contributed by atoms with Gasteiger partial charge in [0.15, 0.2) is 11.0 Å². The number of rotatable bonds is 2. The average Bonchev–Trinajstić information content (AvgIpc) is 2.67. The SMILES string of the molecule is CC1(C)C2CN(c3nnc(Cl)cc3C(N)=O)CC21. The third-order valence-corrected chi connectivity index (χ3v) is 4.62. The number of carbonyl (C=O) groups excluding carboxylic acids is 1. The highest BCUT2D eigenvalue weighted by molar-refractivity contribution is 6.29. The van der Waals surface area contributed by atoms with Crippen molar-refractivity contribution in [2.24, 2.45) is 23.0 Å². The van der Waals surface area contributed by atoms with Gasteiger partial charge in [0.05, 0.1) is 5.56 Å². The first-order valence-corrected chi connectivity index (χ1v) is 6.37. The summed E-state index contributed by atoms with van der Waals surface area (Å²) in [6, 6.07) is 1.49. The van der Waals surface area contributed by atoms with Crippen molar-refractivity contribution in [3.63, 3.8) is 0 Å². The van der Waals surface area contributed by atoms with Crippen LogP contribution >= 0.6 is 11.6 Å². The molecule has 1 aromatic heterocycles. The molecule has 0 radical (unpaired) electrons. The molecule has 0 aromatic carbocycles. The average molecular weight is 267 g/mol. The van der Waals surface area contributed by atoms with E-state index in [0.29, 0.717) is 28.6 Å². The Bertz CT molecular complexity index is 517. The molecule has 2 atom stereocenters. The van der Waals surface area contributed by atoms with Crippen molar-refractivity contribution in [3.8, 4) is 0 Å². The minimum Gasteiger partial charge on any atom is -0.365 e. The van der Waals surface area contributed by atoms with Crippen LogP contribution in [0.1, 0.15) is 24.2 Å². The van der Waals surface area contributed by atoms with Crippen LogP contribution < -0.4 is 10.6 Å². The Hall–Kier alpha value is -1.36. The molecule has 1 amide bonds. The monoisotopic (exact) mass is 266 g/mol. The molecule has 2 N–H and O–H groups in total. The normalized spacial score (nSPS) is 28.1. The molecule has 0 bridgehead atoms. The summed E-state index contributed by atoms with van der Waals surface area (Å²) in [7, 11) is 0. The first-order chi connectivity index (χ1) is 8.41. The molecular formula is C12H15ClN4O. The minimum absolute atomic E-state index is 0.192. The molecule has 1 saturated carbocycles. The van der Waals surface area contributed by atoms with E-state index in [9.17, 15) is 4.79 Å². The Morgan fingerprint density at radius 2 is 2.06 bits per heavy atom. The van der Waals surface area contributed by atoms with Gasteiger partial charge in [-0.2, -0.15) is 0 Å². The maximum absolute atomic E-state index is 11.4.